The van der Waals surface area contributed by atoms with Crippen molar-refractivity contribution in [1.82, 2.24) is 0 Å². The van der Waals surface area contributed by atoms with Gasteiger partial charge in [0.15, 0.2) is 0 Å². The Hall–Kier alpha value is -0.570. The van der Waals surface area contributed by atoms with E-state index in [9.17, 15) is 9.90 Å². The number of hydrogen-bond donors (Lipinski definition) is 2. The fourth-order valence-electron chi connectivity index (χ4n) is 3.94. The number of carboxylic acid groups (broad SMARTS) is 1. The SMILES string of the molecule is CCCCCCCCCCCCCCCCCCCCCCC(O)CC(=O)O. The van der Waals surface area contributed by atoms with Gasteiger partial charge in [-0.2, -0.15) is 0 Å². The number of aliphatic carboxylic acids is 1. The molecule has 3 nitrogen and oxygen atoms in total. The molecule has 0 spiro atoms. The molecule has 0 heterocycles. The van der Waals surface area contributed by atoms with Crippen molar-refractivity contribution >= 4 is 5.97 Å². The summed E-state index contributed by atoms with van der Waals surface area (Å²) in [5, 5.41) is 18.1. The molecule has 0 saturated carbocycles. The van der Waals surface area contributed by atoms with Crippen molar-refractivity contribution < 1.29 is 15.0 Å². The minimum atomic E-state index is -0.902. The number of carboxylic acids is 1. The van der Waals surface area contributed by atoms with Crippen molar-refractivity contribution in [3.63, 3.8) is 0 Å². The Balaban J connectivity index is 3.06. The number of rotatable bonds is 23. The van der Waals surface area contributed by atoms with E-state index in [0.717, 1.165) is 12.8 Å². The summed E-state index contributed by atoms with van der Waals surface area (Å²) >= 11 is 0. The van der Waals surface area contributed by atoms with E-state index >= 15 is 0 Å². The zero-order valence-corrected chi connectivity index (χ0v) is 18.9. The lowest BCUT2D eigenvalue weighted by molar-refractivity contribution is -0.139. The van der Waals surface area contributed by atoms with Gasteiger partial charge in [0, 0.05) is 0 Å². The minimum Gasteiger partial charge on any atom is -0.481 e. The third-order valence-corrected chi connectivity index (χ3v) is 5.80. The standard InChI is InChI=1S/C25H50O3/c1-2-3-4-5-6-7-8-9-10-11-12-13-14-15-16-17-18-19-20-21-22-24(26)23-25(27)28/h24,26H,2-23H2,1H3,(H,27,28). The molecule has 1 atom stereocenters. The minimum absolute atomic E-state index is 0.112. The van der Waals surface area contributed by atoms with Crippen LogP contribution in [-0.2, 0) is 4.79 Å². The Labute approximate surface area is 175 Å². The van der Waals surface area contributed by atoms with Crippen LogP contribution in [-0.4, -0.2) is 22.3 Å². The van der Waals surface area contributed by atoms with E-state index in [2.05, 4.69) is 6.92 Å². The molecule has 0 radical (unpaired) electrons. The van der Waals surface area contributed by atoms with Crippen molar-refractivity contribution in [3.8, 4) is 0 Å². The summed E-state index contributed by atoms with van der Waals surface area (Å²) in [6.45, 7) is 2.28. The predicted octanol–water partition coefficient (Wildman–Crippen LogP) is 8.03. The summed E-state index contributed by atoms with van der Waals surface area (Å²) in [6, 6.07) is 0. The van der Waals surface area contributed by atoms with E-state index in [-0.39, 0.29) is 6.42 Å². The molecule has 0 amide bonds. The van der Waals surface area contributed by atoms with Crippen LogP contribution < -0.4 is 0 Å². The Morgan fingerprint density at radius 2 is 0.857 bits per heavy atom. The van der Waals surface area contributed by atoms with Crippen LogP contribution in [0, 0.1) is 0 Å². The highest BCUT2D eigenvalue weighted by molar-refractivity contribution is 5.67. The molecule has 0 aromatic heterocycles. The smallest absolute Gasteiger partial charge is 0.305 e. The normalized spacial score (nSPS) is 12.4. The average Bonchev–Trinajstić information content (AvgIpc) is 2.66. The van der Waals surface area contributed by atoms with Crippen LogP contribution in [0.5, 0.6) is 0 Å². The number of hydrogen-bond acceptors (Lipinski definition) is 2. The molecule has 0 aromatic carbocycles. The van der Waals surface area contributed by atoms with Crippen LogP contribution in [0.2, 0.25) is 0 Å². The van der Waals surface area contributed by atoms with Gasteiger partial charge in [-0.15, -0.1) is 0 Å². The molecule has 0 aromatic rings. The molecule has 0 aliphatic heterocycles. The van der Waals surface area contributed by atoms with E-state index in [1.165, 1.54) is 116 Å². The van der Waals surface area contributed by atoms with E-state index in [0.29, 0.717) is 6.42 Å². The molecule has 0 aliphatic rings. The highest BCUT2D eigenvalue weighted by atomic mass is 16.4. The maximum Gasteiger partial charge on any atom is 0.305 e. The van der Waals surface area contributed by atoms with Gasteiger partial charge in [-0.1, -0.05) is 135 Å². The van der Waals surface area contributed by atoms with Gasteiger partial charge in [-0.05, 0) is 6.42 Å². The quantitative estimate of drug-likeness (QED) is 0.171. The Kier molecular flexibility index (Phi) is 22.3. The second-order valence-corrected chi connectivity index (χ2v) is 8.76. The Morgan fingerprint density at radius 3 is 1.14 bits per heavy atom. The van der Waals surface area contributed by atoms with Crippen molar-refractivity contribution in [2.24, 2.45) is 0 Å². The monoisotopic (exact) mass is 398 g/mol. The lowest BCUT2D eigenvalue weighted by Crippen LogP contribution is -2.12. The van der Waals surface area contributed by atoms with Gasteiger partial charge < -0.3 is 10.2 Å². The summed E-state index contributed by atoms with van der Waals surface area (Å²) < 4.78 is 0. The van der Waals surface area contributed by atoms with Crippen LogP contribution in [0.15, 0.2) is 0 Å². The van der Waals surface area contributed by atoms with Crippen molar-refractivity contribution in [1.29, 1.82) is 0 Å². The number of aliphatic hydroxyl groups is 1. The van der Waals surface area contributed by atoms with Crippen LogP contribution >= 0.6 is 0 Å². The van der Waals surface area contributed by atoms with Gasteiger partial charge in [0.25, 0.3) is 0 Å². The van der Waals surface area contributed by atoms with E-state index < -0.39 is 12.1 Å². The largest absolute Gasteiger partial charge is 0.481 e. The third-order valence-electron chi connectivity index (χ3n) is 5.80. The first kappa shape index (κ1) is 27.4. The van der Waals surface area contributed by atoms with Gasteiger partial charge in [0.2, 0.25) is 0 Å². The van der Waals surface area contributed by atoms with Gasteiger partial charge in [-0.25, -0.2) is 0 Å². The van der Waals surface area contributed by atoms with E-state index in [4.69, 9.17) is 5.11 Å². The summed E-state index contributed by atoms with van der Waals surface area (Å²) in [5.74, 6) is -0.902. The zero-order valence-electron chi connectivity index (χ0n) is 18.9. The Bertz CT molecular complexity index is 317. The molecule has 28 heavy (non-hydrogen) atoms. The van der Waals surface area contributed by atoms with Gasteiger partial charge in [0.05, 0.1) is 12.5 Å². The summed E-state index contributed by atoms with van der Waals surface area (Å²) in [5.41, 5.74) is 0. The lowest BCUT2D eigenvalue weighted by Gasteiger charge is -2.07. The predicted molar refractivity (Wildman–Crippen MR) is 121 cm³/mol. The molecule has 0 rings (SSSR count). The van der Waals surface area contributed by atoms with Crippen molar-refractivity contribution in [2.75, 3.05) is 0 Å². The third kappa shape index (κ3) is 23.5. The molecule has 1 unspecified atom stereocenters. The van der Waals surface area contributed by atoms with Crippen LogP contribution in [0.1, 0.15) is 148 Å². The zero-order chi connectivity index (χ0) is 20.7. The maximum atomic E-state index is 10.5. The summed E-state index contributed by atoms with van der Waals surface area (Å²) in [4.78, 5) is 10.5. The second-order valence-electron chi connectivity index (χ2n) is 8.76. The first-order valence-corrected chi connectivity index (χ1v) is 12.6. The lowest BCUT2D eigenvalue weighted by atomic mass is 10.0. The highest BCUT2D eigenvalue weighted by Crippen LogP contribution is 2.15. The summed E-state index contributed by atoms with van der Waals surface area (Å²) in [6.07, 6.45) is 27.1. The fourth-order valence-corrected chi connectivity index (χ4v) is 3.94. The van der Waals surface area contributed by atoms with Gasteiger partial charge in [0.1, 0.15) is 0 Å². The first-order chi connectivity index (χ1) is 13.7. The van der Waals surface area contributed by atoms with Crippen LogP contribution in [0.3, 0.4) is 0 Å². The molecular weight excluding hydrogens is 348 g/mol. The molecule has 0 saturated heterocycles. The molecule has 2 N–H and O–H groups in total. The summed E-state index contributed by atoms with van der Waals surface area (Å²) in [7, 11) is 0. The van der Waals surface area contributed by atoms with Crippen molar-refractivity contribution in [3.05, 3.63) is 0 Å². The Morgan fingerprint density at radius 1 is 0.571 bits per heavy atom. The number of aliphatic hydroxyl groups excluding tert-OH is 1. The average molecular weight is 399 g/mol. The number of unbranched alkanes of at least 4 members (excludes halogenated alkanes) is 19. The first-order valence-electron chi connectivity index (χ1n) is 12.6. The molecule has 168 valence electrons. The molecular formula is C25H50O3. The van der Waals surface area contributed by atoms with Gasteiger partial charge >= 0.3 is 5.97 Å². The topological polar surface area (TPSA) is 57.5 Å². The second kappa shape index (κ2) is 22.7. The van der Waals surface area contributed by atoms with Gasteiger partial charge in [-0.3, -0.25) is 4.79 Å². The molecule has 0 fully saturated rings. The fraction of sp³-hybridized carbons (Fsp3) is 0.960. The molecule has 3 heteroatoms. The highest BCUT2D eigenvalue weighted by Gasteiger charge is 2.08. The molecule has 0 bridgehead atoms. The maximum absolute atomic E-state index is 10.5. The van der Waals surface area contributed by atoms with Crippen molar-refractivity contribution in [2.45, 2.75) is 154 Å². The molecule has 0 aliphatic carbocycles. The van der Waals surface area contributed by atoms with Crippen LogP contribution in [0.4, 0.5) is 0 Å². The van der Waals surface area contributed by atoms with E-state index in [1.807, 2.05) is 0 Å². The number of carbonyl (C=O) groups is 1. The van der Waals surface area contributed by atoms with Crippen LogP contribution in [0.25, 0.3) is 0 Å². The van der Waals surface area contributed by atoms with E-state index in [1.54, 1.807) is 0 Å².